The predicted octanol–water partition coefficient (Wildman–Crippen LogP) is 4.33. The average Bonchev–Trinajstić information content (AvgIpc) is 3.27. The van der Waals surface area contributed by atoms with Crippen molar-refractivity contribution in [1.82, 2.24) is 24.3 Å². The molecule has 2 N–H and O–H groups in total. The summed E-state index contributed by atoms with van der Waals surface area (Å²) < 4.78 is 22.4. The Bertz CT molecular complexity index is 1740. The molecule has 10 nitrogen and oxygen atoms in total. The van der Waals surface area contributed by atoms with Crippen LogP contribution in [0.25, 0.3) is 27.8 Å². The Morgan fingerprint density at radius 3 is 2.56 bits per heavy atom. The van der Waals surface area contributed by atoms with Gasteiger partial charge >= 0.3 is 11.8 Å². The van der Waals surface area contributed by atoms with E-state index in [-0.39, 0.29) is 17.1 Å². The zero-order valence-corrected chi connectivity index (χ0v) is 23.7. The van der Waals surface area contributed by atoms with E-state index in [1.165, 1.54) is 14.7 Å². The molecule has 1 aliphatic carbocycles. The number of ether oxygens (including phenoxy) is 1. The first-order valence-electron chi connectivity index (χ1n) is 14.7. The number of hydrogen-bond acceptors (Lipinski definition) is 6. The topological polar surface area (TPSA) is 119 Å². The normalized spacial score (nSPS) is 19.7. The van der Waals surface area contributed by atoms with Gasteiger partial charge in [0.05, 0.1) is 23.9 Å². The van der Waals surface area contributed by atoms with Crippen molar-refractivity contribution in [2.75, 3.05) is 26.3 Å². The van der Waals surface area contributed by atoms with Gasteiger partial charge in [0.15, 0.2) is 5.65 Å². The lowest BCUT2D eigenvalue weighted by molar-refractivity contribution is 0.140. The van der Waals surface area contributed by atoms with E-state index >= 15 is 0 Å². The molecule has 0 unspecified atom stereocenters. The number of nitrogens with zero attached hydrogens (tertiary/aromatic N) is 4. The van der Waals surface area contributed by atoms with Gasteiger partial charge in [-0.2, -0.15) is 0 Å². The van der Waals surface area contributed by atoms with Crippen molar-refractivity contribution in [2.24, 2.45) is 0 Å². The minimum Gasteiger partial charge on any atom is -0.465 e. The number of hydrogen-bond donors (Lipinski definition) is 2. The second kappa shape index (κ2) is 12.5. The number of amides is 1. The van der Waals surface area contributed by atoms with Crippen molar-refractivity contribution >= 4 is 17.1 Å². The first kappa shape index (κ1) is 28.8. The van der Waals surface area contributed by atoms with Crippen molar-refractivity contribution < 1.29 is 19.0 Å². The molecule has 1 saturated heterocycles. The highest BCUT2D eigenvalue weighted by Crippen LogP contribution is 2.28. The molecule has 1 amide bonds. The zero-order valence-electron chi connectivity index (χ0n) is 23.7. The van der Waals surface area contributed by atoms with Gasteiger partial charge in [-0.1, -0.05) is 36.4 Å². The predicted molar refractivity (Wildman–Crippen MR) is 160 cm³/mol. The summed E-state index contributed by atoms with van der Waals surface area (Å²) >= 11 is 0. The highest BCUT2D eigenvalue weighted by Gasteiger charge is 2.28. The number of carbonyl (C=O) groups is 1. The Balaban J connectivity index is 1.35. The number of nitrogens with one attached hydrogen (secondary N) is 1. The Morgan fingerprint density at radius 2 is 1.79 bits per heavy atom. The van der Waals surface area contributed by atoms with Crippen LogP contribution in [-0.2, 0) is 11.3 Å². The van der Waals surface area contributed by atoms with Crippen LogP contribution >= 0.6 is 0 Å². The fourth-order valence-corrected chi connectivity index (χ4v) is 6.23. The lowest BCUT2D eigenvalue weighted by atomic mass is 9.91. The molecule has 4 aromatic rings. The lowest BCUT2D eigenvalue weighted by Crippen LogP contribution is -2.45. The Labute approximate surface area is 247 Å². The summed E-state index contributed by atoms with van der Waals surface area (Å²) in [6, 6.07) is 16.2. The summed E-state index contributed by atoms with van der Waals surface area (Å²) in [6.07, 6.45) is 2.77. The van der Waals surface area contributed by atoms with Crippen molar-refractivity contribution in [3.63, 3.8) is 0 Å². The molecule has 43 heavy (non-hydrogen) atoms. The molecular formula is C32H34FN5O5. The SMILES string of the molecule is O=C(O)NC1CCC(n2c(=O)c3cc(F)cnc3n(-c3cccc(-c4ccc(CN5CCCOCC5)cc4)c3)c2=O)CC1. The first-order chi connectivity index (χ1) is 20.9. The first-order valence-corrected chi connectivity index (χ1v) is 14.7. The van der Waals surface area contributed by atoms with Crippen LogP contribution in [-0.4, -0.2) is 62.6 Å². The van der Waals surface area contributed by atoms with Crippen LogP contribution in [0.15, 0.2) is 70.4 Å². The molecule has 0 atom stereocenters. The third kappa shape index (κ3) is 6.23. The molecule has 2 aromatic heterocycles. The van der Waals surface area contributed by atoms with Gasteiger partial charge in [0, 0.05) is 38.3 Å². The third-order valence-corrected chi connectivity index (χ3v) is 8.39. The van der Waals surface area contributed by atoms with Gasteiger partial charge in [0.1, 0.15) is 5.82 Å². The molecule has 11 heteroatoms. The highest BCUT2D eigenvalue weighted by atomic mass is 19.1. The second-order valence-electron chi connectivity index (χ2n) is 11.3. The van der Waals surface area contributed by atoms with Crippen molar-refractivity contribution in [2.45, 2.75) is 50.7 Å². The standard InChI is InChI=1S/C32H34FN5O5/c33-24-18-28-29(34-19-24)37(32(42)38(30(28)39)26-11-9-25(10-12-26)35-31(40)41)27-4-1-3-23(17-27)22-7-5-21(6-8-22)20-36-13-2-15-43-16-14-36/h1,3-8,17-19,25-26,35H,2,9-16,20H2,(H,40,41). The summed E-state index contributed by atoms with van der Waals surface area (Å²) in [5, 5.41) is 11.6. The Morgan fingerprint density at radius 1 is 1.00 bits per heavy atom. The number of carboxylic acid groups (broad SMARTS) is 1. The Kier molecular flexibility index (Phi) is 8.35. The van der Waals surface area contributed by atoms with Crippen molar-refractivity contribution in [1.29, 1.82) is 0 Å². The maximum Gasteiger partial charge on any atom is 0.404 e. The number of aromatic nitrogens is 3. The maximum absolute atomic E-state index is 14.3. The number of fused-ring (bicyclic) bond motifs is 1. The van der Waals surface area contributed by atoms with Crippen LogP contribution in [0.5, 0.6) is 0 Å². The third-order valence-electron chi connectivity index (χ3n) is 8.39. The van der Waals surface area contributed by atoms with Crippen LogP contribution < -0.4 is 16.6 Å². The summed E-state index contributed by atoms with van der Waals surface area (Å²) in [4.78, 5) is 45.2. The van der Waals surface area contributed by atoms with E-state index < -0.39 is 29.2 Å². The number of halogens is 1. The zero-order chi connectivity index (χ0) is 29.9. The van der Waals surface area contributed by atoms with Gasteiger partial charge in [0.2, 0.25) is 0 Å². The molecule has 0 bridgehead atoms. The summed E-state index contributed by atoms with van der Waals surface area (Å²) in [6.45, 7) is 4.32. The summed E-state index contributed by atoms with van der Waals surface area (Å²) in [5.74, 6) is -0.669. The van der Waals surface area contributed by atoms with E-state index in [2.05, 4.69) is 39.5 Å². The molecule has 1 aliphatic heterocycles. The van der Waals surface area contributed by atoms with Gasteiger partial charge in [-0.05, 0) is 67.0 Å². The molecule has 0 spiro atoms. The number of rotatable bonds is 6. The van der Waals surface area contributed by atoms with Gasteiger partial charge < -0.3 is 15.2 Å². The van der Waals surface area contributed by atoms with Gasteiger partial charge in [-0.15, -0.1) is 0 Å². The van der Waals surface area contributed by atoms with Crippen LogP contribution in [0.4, 0.5) is 9.18 Å². The smallest absolute Gasteiger partial charge is 0.404 e. The van der Waals surface area contributed by atoms with Gasteiger partial charge in [-0.3, -0.25) is 14.3 Å². The van der Waals surface area contributed by atoms with E-state index in [1.807, 2.05) is 18.2 Å². The fraction of sp³-hybridized carbons (Fsp3) is 0.375. The van der Waals surface area contributed by atoms with E-state index in [1.54, 1.807) is 6.07 Å². The molecule has 1 saturated carbocycles. The monoisotopic (exact) mass is 587 g/mol. The highest BCUT2D eigenvalue weighted by molar-refractivity contribution is 5.76. The minimum atomic E-state index is -1.10. The molecule has 224 valence electrons. The van der Waals surface area contributed by atoms with Gasteiger partial charge in [-0.25, -0.2) is 23.5 Å². The average molecular weight is 588 g/mol. The van der Waals surface area contributed by atoms with Crippen molar-refractivity contribution in [3.05, 3.63) is 93.0 Å². The van der Waals surface area contributed by atoms with E-state index in [0.717, 1.165) is 62.7 Å². The molecule has 2 aliphatic rings. The molecule has 2 fully saturated rings. The van der Waals surface area contributed by atoms with Crippen LogP contribution in [0, 0.1) is 5.82 Å². The van der Waals surface area contributed by atoms with E-state index in [9.17, 15) is 18.8 Å². The second-order valence-corrected chi connectivity index (χ2v) is 11.3. The number of pyridine rings is 1. The van der Waals surface area contributed by atoms with Crippen LogP contribution in [0.3, 0.4) is 0 Å². The molecular weight excluding hydrogens is 553 g/mol. The number of benzene rings is 2. The Hall–Kier alpha value is -4.35. The summed E-state index contributed by atoms with van der Waals surface area (Å²) in [5.41, 5.74) is 2.50. The van der Waals surface area contributed by atoms with Crippen LogP contribution in [0.2, 0.25) is 0 Å². The van der Waals surface area contributed by atoms with E-state index in [0.29, 0.717) is 31.4 Å². The molecule has 6 rings (SSSR count). The molecule has 2 aromatic carbocycles. The van der Waals surface area contributed by atoms with Crippen molar-refractivity contribution in [3.8, 4) is 16.8 Å². The minimum absolute atomic E-state index is 0.0130. The molecule has 0 radical (unpaired) electrons. The maximum atomic E-state index is 14.3. The largest absolute Gasteiger partial charge is 0.465 e. The quantitative estimate of drug-likeness (QED) is 0.345. The molecule has 3 heterocycles. The fourth-order valence-electron chi connectivity index (χ4n) is 6.23. The lowest BCUT2D eigenvalue weighted by Gasteiger charge is -2.29. The van der Waals surface area contributed by atoms with E-state index in [4.69, 9.17) is 9.84 Å². The summed E-state index contributed by atoms with van der Waals surface area (Å²) in [7, 11) is 0. The van der Waals surface area contributed by atoms with Crippen LogP contribution in [0.1, 0.15) is 43.7 Å². The van der Waals surface area contributed by atoms with Gasteiger partial charge in [0.25, 0.3) is 5.56 Å².